The van der Waals surface area contributed by atoms with Crippen LogP contribution in [0, 0.1) is 10.1 Å². The minimum Gasteiger partial charge on any atom is -0.270 e. The number of carbonyl (C=O) groups is 2. The number of nitro groups is 1. The van der Waals surface area contributed by atoms with E-state index in [1.54, 1.807) is 0 Å². The molecule has 3 rings (SSSR count). The zero-order valence-corrected chi connectivity index (χ0v) is 13.8. The molecule has 1 aliphatic heterocycles. The Balaban J connectivity index is 1.89. The zero-order chi connectivity index (χ0) is 17.3. The lowest BCUT2D eigenvalue weighted by atomic mass is 10.0. The first-order valence-electron chi connectivity index (χ1n) is 8.03. The van der Waals surface area contributed by atoms with Crippen molar-refractivity contribution in [2.24, 2.45) is 0 Å². The molecule has 0 bridgehead atoms. The summed E-state index contributed by atoms with van der Waals surface area (Å²) >= 11 is 6.15. The highest BCUT2D eigenvalue weighted by molar-refractivity contribution is 6.55. The Kier molecular flexibility index (Phi) is 4.66. The second-order valence-electron chi connectivity index (χ2n) is 6.12. The van der Waals surface area contributed by atoms with E-state index in [1.165, 1.54) is 29.2 Å². The molecule has 0 N–H and O–H groups in total. The van der Waals surface area contributed by atoms with Crippen LogP contribution in [0.5, 0.6) is 0 Å². The Morgan fingerprint density at radius 1 is 1.00 bits per heavy atom. The molecule has 1 saturated carbocycles. The predicted octanol–water partition coefficient (Wildman–Crippen LogP) is 3.64. The molecule has 1 heterocycles. The van der Waals surface area contributed by atoms with E-state index in [1.807, 2.05) is 0 Å². The molecule has 6 nitrogen and oxygen atoms in total. The van der Waals surface area contributed by atoms with E-state index in [4.69, 9.17) is 11.6 Å². The fourth-order valence-corrected chi connectivity index (χ4v) is 3.65. The number of hydrogen-bond acceptors (Lipinski definition) is 4. The first-order chi connectivity index (χ1) is 11.5. The number of carbonyl (C=O) groups excluding carboxylic acids is 2. The Labute approximate surface area is 144 Å². The number of nitrogens with zero attached hydrogens (tertiary/aromatic N) is 2. The van der Waals surface area contributed by atoms with Crippen LogP contribution in [-0.4, -0.2) is 27.7 Å². The van der Waals surface area contributed by atoms with Crippen LogP contribution >= 0.6 is 11.6 Å². The molecule has 0 unspecified atom stereocenters. The molecular formula is C17H17ClN2O4. The van der Waals surface area contributed by atoms with Gasteiger partial charge >= 0.3 is 0 Å². The smallest absolute Gasteiger partial charge is 0.270 e. The molecule has 0 saturated heterocycles. The van der Waals surface area contributed by atoms with Gasteiger partial charge in [0.1, 0.15) is 5.03 Å². The standard InChI is InChI=1S/C17H17ClN2O4/c18-15-14(11-7-9-13(10-8-11)20(23)24)16(21)19(17(15)22)12-5-3-1-2-4-6-12/h7-10,12H,1-6H2. The minimum absolute atomic E-state index is 0.0760. The fraction of sp³-hybridized carbons (Fsp3) is 0.412. The summed E-state index contributed by atoms with van der Waals surface area (Å²) in [6.45, 7) is 0. The number of rotatable bonds is 3. The van der Waals surface area contributed by atoms with Crippen molar-refractivity contribution in [2.75, 3.05) is 0 Å². The average Bonchev–Trinajstić information content (AvgIpc) is 2.77. The van der Waals surface area contributed by atoms with Crippen LogP contribution in [0.4, 0.5) is 5.69 Å². The van der Waals surface area contributed by atoms with Gasteiger partial charge in [-0.15, -0.1) is 0 Å². The number of nitro benzene ring substituents is 1. The SMILES string of the molecule is O=C1C(Cl)=C(c2ccc([N+](=O)[O-])cc2)C(=O)N1C1CCCCCC1. The third-order valence-corrected chi connectivity index (χ3v) is 4.97. The summed E-state index contributed by atoms with van der Waals surface area (Å²) in [6.07, 6.45) is 5.81. The lowest BCUT2D eigenvalue weighted by Gasteiger charge is -2.25. The second-order valence-corrected chi connectivity index (χ2v) is 6.50. The van der Waals surface area contributed by atoms with Gasteiger partial charge in [0.25, 0.3) is 17.5 Å². The van der Waals surface area contributed by atoms with Gasteiger partial charge in [-0.1, -0.05) is 37.3 Å². The van der Waals surface area contributed by atoms with Crippen molar-refractivity contribution in [1.29, 1.82) is 0 Å². The van der Waals surface area contributed by atoms with E-state index >= 15 is 0 Å². The molecule has 1 aromatic rings. The topological polar surface area (TPSA) is 80.5 Å². The van der Waals surface area contributed by atoms with Crippen molar-refractivity contribution in [3.8, 4) is 0 Å². The molecule has 0 atom stereocenters. The van der Waals surface area contributed by atoms with Crippen LogP contribution in [0.2, 0.25) is 0 Å². The first kappa shape index (κ1) is 16.6. The molecular weight excluding hydrogens is 332 g/mol. The largest absolute Gasteiger partial charge is 0.273 e. The van der Waals surface area contributed by atoms with E-state index in [-0.39, 0.29) is 22.3 Å². The zero-order valence-electron chi connectivity index (χ0n) is 13.0. The molecule has 0 aromatic heterocycles. The third-order valence-electron chi connectivity index (χ3n) is 4.62. The summed E-state index contributed by atoms with van der Waals surface area (Å²) in [6, 6.07) is 5.41. The lowest BCUT2D eigenvalue weighted by molar-refractivity contribution is -0.384. The summed E-state index contributed by atoms with van der Waals surface area (Å²) in [7, 11) is 0. The van der Waals surface area contributed by atoms with Gasteiger partial charge in [-0.2, -0.15) is 0 Å². The molecule has 24 heavy (non-hydrogen) atoms. The third kappa shape index (κ3) is 2.94. The molecule has 126 valence electrons. The molecule has 2 aliphatic rings. The summed E-state index contributed by atoms with van der Waals surface area (Å²) in [5.74, 6) is -0.854. The average molecular weight is 349 g/mol. The molecule has 7 heteroatoms. The Morgan fingerprint density at radius 3 is 2.12 bits per heavy atom. The van der Waals surface area contributed by atoms with Crippen LogP contribution < -0.4 is 0 Å². The van der Waals surface area contributed by atoms with Crippen LogP contribution in [-0.2, 0) is 9.59 Å². The van der Waals surface area contributed by atoms with Gasteiger partial charge in [0, 0.05) is 18.2 Å². The van der Waals surface area contributed by atoms with Crippen LogP contribution in [0.15, 0.2) is 29.3 Å². The van der Waals surface area contributed by atoms with E-state index in [0.29, 0.717) is 5.56 Å². The van der Waals surface area contributed by atoms with Crippen molar-refractivity contribution >= 4 is 34.7 Å². The lowest BCUT2D eigenvalue weighted by Crippen LogP contribution is -2.40. The first-order valence-corrected chi connectivity index (χ1v) is 8.41. The molecule has 1 aromatic carbocycles. The van der Waals surface area contributed by atoms with Gasteiger partial charge < -0.3 is 0 Å². The normalized spacial score (nSPS) is 19.8. The minimum atomic E-state index is -0.515. The van der Waals surface area contributed by atoms with Crippen molar-refractivity contribution in [2.45, 2.75) is 44.6 Å². The van der Waals surface area contributed by atoms with Crippen molar-refractivity contribution < 1.29 is 14.5 Å². The maximum absolute atomic E-state index is 12.8. The van der Waals surface area contributed by atoms with Crippen molar-refractivity contribution in [3.63, 3.8) is 0 Å². The Morgan fingerprint density at radius 2 is 1.58 bits per heavy atom. The molecule has 2 amide bonds. The summed E-state index contributed by atoms with van der Waals surface area (Å²) in [4.78, 5) is 36.8. The molecule has 1 aliphatic carbocycles. The van der Waals surface area contributed by atoms with Gasteiger partial charge in [-0.05, 0) is 30.5 Å². The second kappa shape index (κ2) is 6.73. The summed E-state index contributed by atoms with van der Waals surface area (Å²) in [5, 5.41) is 10.6. The van der Waals surface area contributed by atoms with Gasteiger partial charge in [0.2, 0.25) is 0 Å². The number of hydrogen-bond donors (Lipinski definition) is 0. The molecule has 1 fully saturated rings. The van der Waals surface area contributed by atoms with E-state index in [9.17, 15) is 19.7 Å². The fourth-order valence-electron chi connectivity index (χ4n) is 3.37. The predicted molar refractivity (Wildman–Crippen MR) is 89.2 cm³/mol. The van der Waals surface area contributed by atoms with Crippen LogP contribution in [0.1, 0.15) is 44.1 Å². The number of imide groups is 1. The van der Waals surface area contributed by atoms with Gasteiger partial charge in [-0.3, -0.25) is 24.6 Å². The number of amides is 2. The van der Waals surface area contributed by atoms with E-state index < -0.39 is 16.7 Å². The van der Waals surface area contributed by atoms with Crippen LogP contribution in [0.25, 0.3) is 5.57 Å². The van der Waals surface area contributed by atoms with Crippen molar-refractivity contribution in [1.82, 2.24) is 4.90 Å². The summed E-state index contributed by atoms with van der Waals surface area (Å²) < 4.78 is 0. The molecule has 0 spiro atoms. The Bertz CT molecular complexity index is 719. The van der Waals surface area contributed by atoms with E-state index in [2.05, 4.69) is 0 Å². The monoisotopic (exact) mass is 348 g/mol. The highest BCUT2D eigenvalue weighted by Crippen LogP contribution is 2.36. The van der Waals surface area contributed by atoms with Gasteiger partial charge in [0.05, 0.1) is 10.5 Å². The molecule has 0 radical (unpaired) electrons. The maximum atomic E-state index is 12.8. The highest BCUT2D eigenvalue weighted by Gasteiger charge is 2.42. The van der Waals surface area contributed by atoms with E-state index in [0.717, 1.165) is 38.5 Å². The maximum Gasteiger partial charge on any atom is 0.273 e. The van der Waals surface area contributed by atoms with Crippen LogP contribution in [0.3, 0.4) is 0 Å². The highest BCUT2D eigenvalue weighted by atomic mass is 35.5. The van der Waals surface area contributed by atoms with Crippen molar-refractivity contribution in [3.05, 3.63) is 45.0 Å². The van der Waals surface area contributed by atoms with Gasteiger partial charge in [-0.25, -0.2) is 0 Å². The quantitative estimate of drug-likeness (QED) is 0.361. The van der Waals surface area contributed by atoms with Gasteiger partial charge in [0.15, 0.2) is 0 Å². The number of non-ortho nitro benzene ring substituents is 1. The Hall–Kier alpha value is -2.21. The number of benzene rings is 1. The number of halogens is 1. The summed E-state index contributed by atoms with van der Waals surface area (Å²) in [5.41, 5.74) is 0.494.